The van der Waals surface area contributed by atoms with Crippen LogP contribution < -0.4 is 0 Å². The lowest BCUT2D eigenvalue weighted by molar-refractivity contribution is -0.167. The van der Waals surface area contributed by atoms with E-state index in [1.54, 1.807) is 0 Å². The van der Waals surface area contributed by atoms with Gasteiger partial charge in [0.2, 0.25) is 0 Å². The summed E-state index contributed by atoms with van der Waals surface area (Å²) in [4.78, 5) is 38.2. The second kappa shape index (κ2) is 58.6. The lowest BCUT2D eigenvalue weighted by Gasteiger charge is -2.18. The van der Waals surface area contributed by atoms with Crippen molar-refractivity contribution in [1.29, 1.82) is 0 Å². The summed E-state index contributed by atoms with van der Waals surface area (Å²) in [5.41, 5.74) is 0. The molecule has 0 bridgehead atoms. The second-order valence-corrected chi connectivity index (χ2v) is 19.1. The van der Waals surface area contributed by atoms with E-state index < -0.39 is 6.10 Å². The smallest absolute Gasteiger partial charge is 0.306 e. The number of hydrogen-bond acceptors (Lipinski definition) is 6. The zero-order valence-electron chi connectivity index (χ0n) is 46.2. The first-order valence-electron chi connectivity index (χ1n) is 29.4. The Kier molecular flexibility index (Phi) is 55.4. The highest BCUT2D eigenvalue weighted by molar-refractivity contribution is 5.71. The molecule has 0 aromatic heterocycles. The van der Waals surface area contributed by atoms with Crippen LogP contribution in [0.2, 0.25) is 0 Å². The van der Waals surface area contributed by atoms with Crippen molar-refractivity contribution in [3.63, 3.8) is 0 Å². The maximum atomic E-state index is 12.9. The van der Waals surface area contributed by atoms with Crippen LogP contribution >= 0.6 is 0 Å². The minimum absolute atomic E-state index is 0.0997. The molecule has 0 aromatic carbocycles. The van der Waals surface area contributed by atoms with E-state index >= 15 is 0 Å². The third kappa shape index (κ3) is 56.9. The van der Waals surface area contributed by atoms with Crippen molar-refractivity contribution in [2.24, 2.45) is 0 Å². The highest BCUT2D eigenvalue weighted by Crippen LogP contribution is 2.15. The fourth-order valence-corrected chi connectivity index (χ4v) is 7.89. The van der Waals surface area contributed by atoms with Gasteiger partial charge in [0.05, 0.1) is 0 Å². The van der Waals surface area contributed by atoms with Crippen molar-refractivity contribution in [3.05, 3.63) is 109 Å². The first-order valence-corrected chi connectivity index (χ1v) is 29.4. The second-order valence-electron chi connectivity index (χ2n) is 19.1. The van der Waals surface area contributed by atoms with Crippen molar-refractivity contribution < 1.29 is 28.6 Å². The van der Waals surface area contributed by atoms with Gasteiger partial charge in [-0.3, -0.25) is 14.4 Å². The monoisotopic (exact) mass is 985 g/mol. The lowest BCUT2D eigenvalue weighted by Crippen LogP contribution is -2.30. The predicted molar refractivity (Wildman–Crippen MR) is 307 cm³/mol. The number of hydrogen-bond donors (Lipinski definition) is 0. The summed E-state index contributed by atoms with van der Waals surface area (Å²) in [6.07, 6.45) is 79.3. The Bertz CT molecular complexity index is 1460. The standard InChI is InChI=1S/C65H108O6/c1-4-7-10-13-16-19-22-25-28-30-32-34-37-40-43-46-49-52-55-58-64(67)70-61-62(60-69-63(66)57-54-51-48-45-42-39-36-27-24-21-18-15-12-9-6-3)71-65(68)59-56-53-50-47-44-41-38-35-33-31-29-26-23-20-17-14-11-8-5-2/h7,9-10,12,16,18-19,21,25-29,32,34,36,40,43,62H,4-6,8,11,13-15,17,20,22-24,30-31,33,35,37-39,41-42,44-61H2,1-3H3/b10-7-,12-9-,19-16-,21-18-,28-25-,29-26-,34-32-,36-27-,43-40-. The van der Waals surface area contributed by atoms with Gasteiger partial charge in [-0.25, -0.2) is 0 Å². The molecule has 0 fully saturated rings. The molecule has 0 aliphatic heterocycles. The van der Waals surface area contributed by atoms with E-state index in [4.69, 9.17) is 14.2 Å². The highest BCUT2D eigenvalue weighted by atomic mass is 16.6. The van der Waals surface area contributed by atoms with Crippen LogP contribution in [0.1, 0.15) is 265 Å². The fraction of sp³-hybridized carbons (Fsp3) is 0.677. The van der Waals surface area contributed by atoms with Crippen molar-refractivity contribution >= 4 is 17.9 Å². The molecule has 0 heterocycles. The minimum atomic E-state index is -0.803. The molecule has 0 N–H and O–H groups in total. The summed E-state index contributed by atoms with van der Waals surface area (Å²) >= 11 is 0. The lowest BCUT2D eigenvalue weighted by atomic mass is 10.1. The molecule has 0 amide bonds. The van der Waals surface area contributed by atoms with Crippen LogP contribution in [0.4, 0.5) is 0 Å². The number of esters is 3. The Morgan fingerprint density at radius 3 is 0.887 bits per heavy atom. The number of allylic oxidation sites excluding steroid dienone is 18. The first kappa shape index (κ1) is 67.1. The molecule has 0 aliphatic carbocycles. The van der Waals surface area contributed by atoms with E-state index in [9.17, 15) is 14.4 Å². The van der Waals surface area contributed by atoms with Crippen molar-refractivity contribution in [2.45, 2.75) is 271 Å². The van der Waals surface area contributed by atoms with Gasteiger partial charge < -0.3 is 14.2 Å². The van der Waals surface area contributed by atoms with E-state index in [0.29, 0.717) is 19.3 Å². The van der Waals surface area contributed by atoms with E-state index in [-0.39, 0.29) is 31.1 Å². The number of rotatable bonds is 52. The van der Waals surface area contributed by atoms with Gasteiger partial charge in [0.25, 0.3) is 0 Å². The van der Waals surface area contributed by atoms with E-state index in [0.717, 1.165) is 135 Å². The minimum Gasteiger partial charge on any atom is -0.462 e. The van der Waals surface area contributed by atoms with Crippen LogP contribution in [-0.2, 0) is 28.6 Å². The Morgan fingerprint density at radius 2 is 0.549 bits per heavy atom. The normalized spacial score (nSPS) is 12.9. The molecular weight excluding hydrogens is 877 g/mol. The summed E-state index contributed by atoms with van der Waals surface area (Å²) in [6, 6.07) is 0. The molecule has 1 atom stereocenters. The van der Waals surface area contributed by atoms with Gasteiger partial charge in [-0.15, -0.1) is 0 Å². The average molecular weight is 986 g/mol. The van der Waals surface area contributed by atoms with Crippen molar-refractivity contribution in [2.75, 3.05) is 13.2 Å². The molecule has 0 radical (unpaired) electrons. The topological polar surface area (TPSA) is 78.9 Å². The maximum absolute atomic E-state index is 12.9. The van der Waals surface area contributed by atoms with Crippen LogP contribution in [-0.4, -0.2) is 37.2 Å². The molecule has 404 valence electrons. The first-order chi connectivity index (χ1) is 35.0. The van der Waals surface area contributed by atoms with Crippen LogP contribution in [0.5, 0.6) is 0 Å². The van der Waals surface area contributed by atoms with Crippen molar-refractivity contribution in [1.82, 2.24) is 0 Å². The molecule has 0 saturated carbocycles. The van der Waals surface area contributed by atoms with Gasteiger partial charge in [0, 0.05) is 19.3 Å². The number of unbranched alkanes of at least 4 members (excludes halogenated alkanes) is 23. The number of ether oxygens (including phenoxy) is 3. The maximum Gasteiger partial charge on any atom is 0.306 e. The molecule has 6 heteroatoms. The van der Waals surface area contributed by atoms with Gasteiger partial charge in [-0.1, -0.05) is 233 Å². The molecule has 0 aromatic rings. The van der Waals surface area contributed by atoms with Crippen molar-refractivity contribution in [3.8, 4) is 0 Å². The van der Waals surface area contributed by atoms with Gasteiger partial charge >= 0.3 is 17.9 Å². The quantitative estimate of drug-likeness (QED) is 0.0261. The third-order valence-electron chi connectivity index (χ3n) is 12.2. The van der Waals surface area contributed by atoms with Crippen LogP contribution in [0.15, 0.2) is 109 Å². The average Bonchev–Trinajstić information content (AvgIpc) is 3.37. The molecule has 71 heavy (non-hydrogen) atoms. The van der Waals surface area contributed by atoms with Crippen LogP contribution in [0.25, 0.3) is 0 Å². The van der Waals surface area contributed by atoms with Gasteiger partial charge in [-0.05, 0) is 122 Å². The summed E-state index contributed by atoms with van der Waals surface area (Å²) in [5.74, 6) is -0.948. The van der Waals surface area contributed by atoms with Crippen LogP contribution in [0, 0.1) is 0 Å². The zero-order chi connectivity index (χ0) is 51.4. The summed E-state index contributed by atoms with van der Waals surface area (Å²) in [7, 11) is 0. The zero-order valence-corrected chi connectivity index (χ0v) is 46.2. The number of carbonyl (C=O) groups is 3. The predicted octanol–water partition coefficient (Wildman–Crippen LogP) is 19.9. The molecule has 0 aliphatic rings. The summed E-state index contributed by atoms with van der Waals surface area (Å²) in [5, 5.41) is 0. The Morgan fingerprint density at radius 1 is 0.296 bits per heavy atom. The van der Waals surface area contributed by atoms with Gasteiger partial charge in [-0.2, -0.15) is 0 Å². The summed E-state index contributed by atoms with van der Waals surface area (Å²) in [6.45, 7) is 6.37. The third-order valence-corrected chi connectivity index (χ3v) is 12.2. The Labute approximate surface area is 438 Å². The van der Waals surface area contributed by atoms with Gasteiger partial charge in [0.1, 0.15) is 13.2 Å². The Balaban J connectivity index is 4.47. The van der Waals surface area contributed by atoms with E-state index in [1.165, 1.54) is 89.9 Å². The number of carbonyl (C=O) groups excluding carboxylic acids is 3. The summed E-state index contributed by atoms with van der Waals surface area (Å²) < 4.78 is 16.8. The SMILES string of the molecule is CC/C=C\C/C=C\C/C=C\C/C=C\C/C=C\CCCCCC(=O)OCC(COC(=O)CCCCCCC/C=C\C/C=C\C/C=C\CC)OC(=O)CCCCCCCCCCC/C=C\CCCCCCCC. The van der Waals surface area contributed by atoms with E-state index in [2.05, 4.69) is 130 Å². The highest BCUT2D eigenvalue weighted by Gasteiger charge is 2.19. The Hall–Kier alpha value is -3.93. The molecule has 1 unspecified atom stereocenters. The molecule has 0 rings (SSSR count). The van der Waals surface area contributed by atoms with Crippen LogP contribution in [0.3, 0.4) is 0 Å². The fourth-order valence-electron chi connectivity index (χ4n) is 7.89. The largest absolute Gasteiger partial charge is 0.462 e. The molecule has 0 saturated heterocycles. The molecular formula is C65H108O6. The van der Waals surface area contributed by atoms with E-state index in [1.807, 2.05) is 0 Å². The van der Waals surface area contributed by atoms with Gasteiger partial charge in [0.15, 0.2) is 6.10 Å². The molecule has 6 nitrogen and oxygen atoms in total. The molecule has 0 spiro atoms.